The van der Waals surface area contributed by atoms with E-state index in [1.807, 2.05) is 0 Å². The molecule has 0 unspecified atom stereocenters. The van der Waals surface area contributed by atoms with Gasteiger partial charge in [-0.05, 0) is 37.0 Å². The Balaban J connectivity index is 1.82. The number of aromatic carboxylic acids is 1. The van der Waals surface area contributed by atoms with Crippen LogP contribution in [-0.4, -0.2) is 30.8 Å². The van der Waals surface area contributed by atoms with Crippen molar-refractivity contribution in [1.29, 1.82) is 0 Å². The first kappa shape index (κ1) is 13.2. The van der Waals surface area contributed by atoms with E-state index in [0.717, 1.165) is 12.5 Å². The Hall–Kier alpha value is -1.26. The lowest BCUT2D eigenvalue weighted by molar-refractivity contribution is 0.0698. The van der Waals surface area contributed by atoms with E-state index in [1.54, 1.807) is 12.1 Å². The molecule has 4 nitrogen and oxygen atoms in total. The molecule has 1 aliphatic rings. The number of ether oxygens (including phenoxy) is 1. The summed E-state index contributed by atoms with van der Waals surface area (Å²) >= 11 is 5.85. The highest BCUT2D eigenvalue weighted by molar-refractivity contribution is 6.31. The quantitative estimate of drug-likeness (QED) is 0.748. The average Bonchev–Trinajstić information content (AvgIpc) is 3.12. The number of rotatable bonds is 7. The van der Waals surface area contributed by atoms with Gasteiger partial charge in [0.15, 0.2) is 0 Å². The summed E-state index contributed by atoms with van der Waals surface area (Å²) < 4.78 is 5.47. The Labute approximate surface area is 111 Å². The van der Waals surface area contributed by atoms with Gasteiger partial charge in [-0.3, -0.25) is 0 Å². The summed E-state index contributed by atoms with van der Waals surface area (Å²) in [5.41, 5.74) is 0.756. The van der Waals surface area contributed by atoms with Crippen molar-refractivity contribution in [2.24, 2.45) is 5.92 Å². The molecule has 2 rings (SSSR count). The fraction of sp³-hybridized carbons (Fsp3) is 0.462. The normalized spacial score (nSPS) is 14.5. The summed E-state index contributed by atoms with van der Waals surface area (Å²) in [6.07, 6.45) is 2.54. The van der Waals surface area contributed by atoms with Gasteiger partial charge in [-0.2, -0.15) is 0 Å². The first-order valence-electron chi connectivity index (χ1n) is 6.01. The van der Waals surface area contributed by atoms with Gasteiger partial charge >= 0.3 is 5.97 Å². The third-order valence-corrected chi connectivity index (χ3v) is 3.06. The second kappa shape index (κ2) is 6.07. The van der Waals surface area contributed by atoms with Crippen LogP contribution < -0.4 is 5.32 Å². The van der Waals surface area contributed by atoms with Crippen LogP contribution in [0.2, 0.25) is 5.02 Å². The van der Waals surface area contributed by atoms with Crippen LogP contribution in [0.5, 0.6) is 0 Å². The molecule has 18 heavy (non-hydrogen) atoms. The van der Waals surface area contributed by atoms with Crippen LogP contribution in [0, 0.1) is 5.92 Å². The lowest BCUT2D eigenvalue weighted by Gasteiger charge is -2.10. The molecular formula is C13H16ClNO3. The van der Waals surface area contributed by atoms with Crippen molar-refractivity contribution < 1.29 is 14.6 Å². The van der Waals surface area contributed by atoms with Crippen LogP contribution in [-0.2, 0) is 4.74 Å². The van der Waals surface area contributed by atoms with E-state index < -0.39 is 5.97 Å². The lowest BCUT2D eigenvalue weighted by Crippen LogP contribution is -2.13. The monoisotopic (exact) mass is 269 g/mol. The maximum absolute atomic E-state index is 11.0. The van der Waals surface area contributed by atoms with Gasteiger partial charge in [0.05, 0.1) is 17.9 Å². The minimum absolute atomic E-state index is 0.224. The minimum atomic E-state index is -0.965. The van der Waals surface area contributed by atoms with Gasteiger partial charge in [-0.1, -0.05) is 11.6 Å². The Kier molecular flexibility index (Phi) is 4.44. The van der Waals surface area contributed by atoms with E-state index in [2.05, 4.69) is 5.32 Å². The van der Waals surface area contributed by atoms with Crippen molar-refractivity contribution in [3.05, 3.63) is 28.8 Å². The van der Waals surface area contributed by atoms with E-state index in [4.69, 9.17) is 21.4 Å². The molecule has 98 valence electrons. The third-order valence-electron chi connectivity index (χ3n) is 2.82. The van der Waals surface area contributed by atoms with Gasteiger partial charge in [0.25, 0.3) is 0 Å². The molecule has 0 aromatic heterocycles. The fourth-order valence-corrected chi connectivity index (χ4v) is 1.81. The smallest absolute Gasteiger partial charge is 0.337 e. The van der Waals surface area contributed by atoms with Crippen molar-refractivity contribution in [2.75, 3.05) is 25.1 Å². The summed E-state index contributed by atoms with van der Waals surface area (Å²) in [5.74, 6) is -0.223. The second-order valence-corrected chi connectivity index (χ2v) is 4.88. The van der Waals surface area contributed by atoms with E-state index in [-0.39, 0.29) is 5.56 Å². The largest absolute Gasteiger partial charge is 0.478 e. The number of hydrogen-bond donors (Lipinski definition) is 2. The molecular weight excluding hydrogens is 254 g/mol. The Morgan fingerprint density at radius 3 is 2.94 bits per heavy atom. The number of halogens is 1. The van der Waals surface area contributed by atoms with Crippen molar-refractivity contribution in [3.63, 3.8) is 0 Å². The van der Waals surface area contributed by atoms with Crippen molar-refractivity contribution in [1.82, 2.24) is 0 Å². The van der Waals surface area contributed by atoms with Crippen molar-refractivity contribution in [2.45, 2.75) is 12.8 Å². The zero-order valence-electron chi connectivity index (χ0n) is 9.99. The maximum Gasteiger partial charge on any atom is 0.337 e. The van der Waals surface area contributed by atoms with E-state index in [9.17, 15) is 4.79 Å². The molecule has 0 heterocycles. The molecule has 1 aromatic rings. The number of carboxylic acid groups (broad SMARTS) is 1. The molecule has 1 aliphatic carbocycles. The highest BCUT2D eigenvalue weighted by Gasteiger charge is 2.20. The molecule has 1 saturated carbocycles. The highest BCUT2D eigenvalue weighted by Crippen LogP contribution is 2.28. The van der Waals surface area contributed by atoms with Crippen LogP contribution in [0.1, 0.15) is 23.2 Å². The molecule has 5 heteroatoms. The summed E-state index contributed by atoms with van der Waals surface area (Å²) in [6, 6.07) is 4.68. The van der Waals surface area contributed by atoms with Crippen LogP contribution >= 0.6 is 11.6 Å². The van der Waals surface area contributed by atoms with E-state index in [0.29, 0.717) is 23.9 Å². The number of benzene rings is 1. The number of hydrogen-bond acceptors (Lipinski definition) is 3. The Morgan fingerprint density at radius 1 is 1.50 bits per heavy atom. The van der Waals surface area contributed by atoms with Gasteiger partial charge < -0.3 is 15.2 Å². The third kappa shape index (κ3) is 3.89. The van der Waals surface area contributed by atoms with Gasteiger partial charge in [0, 0.05) is 18.2 Å². The number of carbonyl (C=O) groups is 1. The predicted octanol–water partition coefficient (Wildman–Crippen LogP) is 2.88. The van der Waals surface area contributed by atoms with Crippen LogP contribution in [0.15, 0.2) is 18.2 Å². The molecule has 0 amide bonds. The lowest BCUT2D eigenvalue weighted by atomic mass is 10.2. The van der Waals surface area contributed by atoms with E-state index >= 15 is 0 Å². The molecule has 1 fully saturated rings. The zero-order chi connectivity index (χ0) is 13.0. The molecule has 0 aliphatic heterocycles. The number of anilines is 1. The molecule has 0 bridgehead atoms. The van der Waals surface area contributed by atoms with Crippen molar-refractivity contribution in [3.8, 4) is 0 Å². The summed E-state index contributed by atoms with van der Waals surface area (Å²) in [5, 5.41) is 12.6. The van der Waals surface area contributed by atoms with Crippen molar-refractivity contribution >= 4 is 23.3 Å². The molecule has 0 radical (unpaired) electrons. The standard InChI is InChI=1S/C13H16ClNO3/c14-10-3-4-11(13(16)17)12(7-10)15-5-6-18-8-9-1-2-9/h3-4,7,9,15H,1-2,5-6,8H2,(H,16,17). The van der Waals surface area contributed by atoms with E-state index in [1.165, 1.54) is 18.9 Å². The highest BCUT2D eigenvalue weighted by atomic mass is 35.5. The topological polar surface area (TPSA) is 58.6 Å². The summed E-state index contributed by atoms with van der Waals surface area (Å²) in [4.78, 5) is 11.0. The van der Waals surface area contributed by atoms with Crippen LogP contribution in [0.4, 0.5) is 5.69 Å². The van der Waals surface area contributed by atoms with Crippen LogP contribution in [0.3, 0.4) is 0 Å². The predicted molar refractivity (Wildman–Crippen MR) is 70.4 cm³/mol. The number of nitrogens with one attached hydrogen (secondary N) is 1. The second-order valence-electron chi connectivity index (χ2n) is 4.44. The number of carboxylic acids is 1. The molecule has 0 spiro atoms. The maximum atomic E-state index is 11.0. The minimum Gasteiger partial charge on any atom is -0.478 e. The Morgan fingerprint density at radius 2 is 2.28 bits per heavy atom. The molecule has 2 N–H and O–H groups in total. The SMILES string of the molecule is O=C(O)c1ccc(Cl)cc1NCCOCC1CC1. The Bertz CT molecular complexity index is 432. The van der Waals surface area contributed by atoms with Crippen LogP contribution in [0.25, 0.3) is 0 Å². The first-order valence-corrected chi connectivity index (χ1v) is 6.39. The summed E-state index contributed by atoms with van der Waals surface area (Å²) in [7, 11) is 0. The first-order chi connectivity index (χ1) is 8.66. The molecule has 0 atom stereocenters. The molecule has 1 aromatic carbocycles. The van der Waals surface area contributed by atoms with Gasteiger partial charge in [-0.25, -0.2) is 4.79 Å². The summed E-state index contributed by atoms with van der Waals surface area (Å²) in [6.45, 7) is 1.96. The van der Waals surface area contributed by atoms with Gasteiger partial charge in [-0.15, -0.1) is 0 Å². The average molecular weight is 270 g/mol. The zero-order valence-corrected chi connectivity index (χ0v) is 10.7. The van der Waals surface area contributed by atoms with Gasteiger partial charge in [0.1, 0.15) is 0 Å². The molecule has 0 saturated heterocycles. The fourth-order valence-electron chi connectivity index (χ4n) is 1.64. The van der Waals surface area contributed by atoms with Gasteiger partial charge in [0.2, 0.25) is 0 Å².